The van der Waals surface area contributed by atoms with E-state index in [1.807, 2.05) is 5.32 Å². The minimum Gasteiger partial charge on any atom is -0.360 e. The molecule has 0 saturated carbocycles. The zero-order valence-electron chi connectivity index (χ0n) is 11.8. The van der Waals surface area contributed by atoms with Crippen LogP contribution in [0.2, 0.25) is 0 Å². The Balaban J connectivity index is 1.91. The highest BCUT2D eigenvalue weighted by molar-refractivity contribution is 6.48. The van der Waals surface area contributed by atoms with Gasteiger partial charge in [0.05, 0.1) is 11.3 Å². The summed E-state index contributed by atoms with van der Waals surface area (Å²) >= 11 is 0. The topological polar surface area (TPSA) is 62.0 Å². The number of rotatable bonds is 3. The number of hydrogen-bond acceptors (Lipinski definition) is 2. The van der Waals surface area contributed by atoms with Crippen molar-refractivity contribution in [3.63, 3.8) is 0 Å². The first kappa shape index (κ1) is 15.7. The highest BCUT2D eigenvalue weighted by Gasteiger charge is 2.23. The van der Waals surface area contributed by atoms with Gasteiger partial charge in [0.2, 0.25) is 0 Å². The maximum atomic E-state index is 13.5. The number of aromatic amines is 1. The van der Waals surface area contributed by atoms with Crippen molar-refractivity contribution in [2.45, 2.75) is 0 Å². The van der Waals surface area contributed by atoms with Gasteiger partial charge in [-0.1, -0.05) is 0 Å². The van der Waals surface area contributed by atoms with Crippen LogP contribution in [0, 0.1) is 23.3 Å². The zero-order chi connectivity index (χ0) is 17.4. The maximum Gasteiger partial charge on any atom is 0.296 e. The molecule has 122 valence electrons. The first-order valence-corrected chi connectivity index (χ1v) is 6.64. The lowest BCUT2D eigenvalue weighted by atomic mass is 10.1. The summed E-state index contributed by atoms with van der Waals surface area (Å²) in [7, 11) is 0. The number of aromatic nitrogens is 1. The molecule has 0 atom stereocenters. The average molecular weight is 336 g/mol. The summed E-state index contributed by atoms with van der Waals surface area (Å²) in [6, 6.07) is 5.01. The lowest BCUT2D eigenvalue weighted by Crippen LogP contribution is -2.23. The van der Waals surface area contributed by atoms with Gasteiger partial charge in [-0.3, -0.25) is 9.59 Å². The number of Topliss-reactive ketones (excluding diaryl/α,β-unsaturated/α-hetero) is 1. The number of ketones is 1. The number of carbonyl (C=O) groups is 2. The number of halogens is 4. The van der Waals surface area contributed by atoms with Gasteiger partial charge in [-0.2, -0.15) is 0 Å². The van der Waals surface area contributed by atoms with Gasteiger partial charge in [-0.05, 0) is 30.3 Å². The summed E-state index contributed by atoms with van der Waals surface area (Å²) in [6.45, 7) is 0. The highest BCUT2D eigenvalue weighted by atomic mass is 19.2. The summed E-state index contributed by atoms with van der Waals surface area (Å²) in [5.74, 6) is -7.79. The third-order valence-corrected chi connectivity index (χ3v) is 3.38. The van der Waals surface area contributed by atoms with Gasteiger partial charge in [-0.15, -0.1) is 0 Å². The van der Waals surface area contributed by atoms with E-state index in [2.05, 4.69) is 4.98 Å². The fourth-order valence-electron chi connectivity index (χ4n) is 2.20. The lowest BCUT2D eigenvalue weighted by molar-refractivity contribution is -0.112. The minimum absolute atomic E-state index is 0.134. The number of anilines is 1. The maximum absolute atomic E-state index is 13.5. The molecule has 0 spiro atoms. The number of amides is 1. The predicted octanol–water partition coefficient (Wildman–Crippen LogP) is 3.55. The second-order valence-electron chi connectivity index (χ2n) is 4.90. The van der Waals surface area contributed by atoms with Crippen LogP contribution >= 0.6 is 0 Å². The molecule has 0 aliphatic carbocycles. The van der Waals surface area contributed by atoms with E-state index in [0.717, 1.165) is 12.1 Å². The predicted molar refractivity (Wildman–Crippen MR) is 77.5 cm³/mol. The molecule has 0 saturated heterocycles. The second-order valence-corrected chi connectivity index (χ2v) is 4.90. The van der Waals surface area contributed by atoms with Gasteiger partial charge in [0.25, 0.3) is 11.7 Å². The van der Waals surface area contributed by atoms with E-state index in [0.29, 0.717) is 11.6 Å². The molecule has 1 amide bonds. The van der Waals surface area contributed by atoms with E-state index in [4.69, 9.17) is 0 Å². The molecule has 3 aromatic rings. The molecule has 1 aromatic heterocycles. The van der Waals surface area contributed by atoms with Gasteiger partial charge in [0.1, 0.15) is 5.82 Å². The third-order valence-electron chi connectivity index (χ3n) is 3.38. The SMILES string of the molecule is O=C(Nc1ccc(F)c(F)c1F)C(=O)c1c[nH]c2ccc(F)cc12. The van der Waals surface area contributed by atoms with Crippen LogP contribution in [0.3, 0.4) is 0 Å². The fraction of sp³-hybridized carbons (Fsp3) is 0. The molecule has 0 aliphatic rings. The van der Waals surface area contributed by atoms with Crippen LogP contribution < -0.4 is 5.32 Å². The van der Waals surface area contributed by atoms with Crippen LogP contribution in [0.4, 0.5) is 23.2 Å². The monoisotopic (exact) mass is 336 g/mol. The number of hydrogen-bond donors (Lipinski definition) is 2. The van der Waals surface area contributed by atoms with Crippen LogP contribution in [0.15, 0.2) is 36.5 Å². The minimum atomic E-state index is -1.77. The second kappa shape index (κ2) is 5.80. The molecule has 0 fully saturated rings. The molecule has 0 aliphatic heterocycles. The van der Waals surface area contributed by atoms with Crippen molar-refractivity contribution < 1.29 is 27.2 Å². The molecule has 4 nitrogen and oxygen atoms in total. The Morgan fingerprint density at radius 2 is 1.71 bits per heavy atom. The fourth-order valence-corrected chi connectivity index (χ4v) is 2.20. The van der Waals surface area contributed by atoms with E-state index in [-0.39, 0.29) is 10.9 Å². The molecular weight excluding hydrogens is 328 g/mol. The molecule has 2 N–H and O–H groups in total. The summed E-state index contributed by atoms with van der Waals surface area (Å²) in [6.07, 6.45) is 1.20. The Morgan fingerprint density at radius 3 is 2.46 bits per heavy atom. The van der Waals surface area contributed by atoms with Crippen molar-refractivity contribution in [1.29, 1.82) is 0 Å². The average Bonchev–Trinajstić information content (AvgIpc) is 2.97. The Labute approximate surface area is 132 Å². The quantitative estimate of drug-likeness (QED) is 0.333. The van der Waals surface area contributed by atoms with Crippen molar-refractivity contribution in [2.24, 2.45) is 0 Å². The Morgan fingerprint density at radius 1 is 0.958 bits per heavy atom. The van der Waals surface area contributed by atoms with Crippen LogP contribution in [0.25, 0.3) is 10.9 Å². The Bertz CT molecular complexity index is 982. The smallest absolute Gasteiger partial charge is 0.296 e. The number of carbonyl (C=O) groups excluding carboxylic acids is 2. The highest BCUT2D eigenvalue weighted by Crippen LogP contribution is 2.22. The van der Waals surface area contributed by atoms with Crippen LogP contribution in [-0.4, -0.2) is 16.7 Å². The first-order valence-electron chi connectivity index (χ1n) is 6.64. The van der Waals surface area contributed by atoms with E-state index in [9.17, 15) is 27.2 Å². The molecular formula is C16H8F4N2O2. The molecule has 0 radical (unpaired) electrons. The molecule has 1 heterocycles. The number of fused-ring (bicyclic) bond motifs is 1. The molecule has 8 heteroatoms. The summed E-state index contributed by atoms with van der Waals surface area (Å²) in [5.41, 5.74) is -0.394. The standard InChI is InChI=1S/C16H8F4N2O2/c17-7-1-3-11-8(5-7)9(6-21-11)15(23)16(24)22-12-4-2-10(18)13(19)14(12)20/h1-6,21H,(H,22,24). The summed E-state index contributed by atoms with van der Waals surface area (Å²) in [5, 5.41) is 2.04. The van der Waals surface area contributed by atoms with Crippen molar-refractivity contribution >= 4 is 28.3 Å². The largest absolute Gasteiger partial charge is 0.360 e. The first-order chi connectivity index (χ1) is 11.4. The lowest BCUT2D eigenvalue weighted by Gasteiger charge is -2.06. The molecule has 3 rings (SSSR count). The zero-order valence-corrected chi connectivity index (χ0v) is 11.8. The third kappa shape index (κ3) is 2.62. The normalized spacial score (nSPS) is 10.8. The molecule has 24 heavy (non-hydrogen) atoms. The molecule has 0 unspecified atom stereocenters. The number of benzene rings is 2. The van der Waals surface area contributed by atoms with Crippen LogP contribution in [0.5, 0.6) is 0 Å². The van der Waals surface area contributed by atoms with Crippen molar-refractivity contribution in [3.8, 4) is 0 Å². The van der Waals surface area contributed by atoms with E-state index < -0.39 is 40.6 Å². The van der Waals surface area contributed by atoms with Gasteiger partial charge in [0, 0.05) is 17.1 Å². The molecule has 2 aromatic carbocycles. The summed E-state index contributed by atoms with van der Waals surface area (Å²) in [4.78, 5) is 26.8. The molecule has 0 bridgehead atoms. The number of nitrogens with one attached hydrogen (secondary N) is 2. The van der Waals surface area contributed by atoms with Gasteiger partial charge >= 0.3 is 0 Å². The van der Waals surface area contributed by atoms with Gasteiger partial charge in [-0.25, -0.2) is 17.6 Å². The van der Waals surface area contributed by atoms with Crippen molar-refractivity contribution in [2.75, 3.05) is 5.32 Å². The van der Waals surface area contributed by atoms with Crippen molar-refractivity contribution in [3.05, 3.63) is 65.4 Å². The Kier molecular flexibility index (Phi) is 3.80. The van der Waals surface area contributed by atoms with Crippen LogP contribution in [0.1, 0.15) is 10.4 Å². The summed E-state index contributed by atoms with van der Waals surface area (Å²) < 4.78 is 52.8. The van der Waals surface area contributed by atoms with Crippen molar-refractivity contribution in [1.82, 2.24) is 4.98 Å². The van der Waals surface area contributed by atoms with Gasteiger partial charge < -0.3 is 10.3 Å². The Hall–Kier alpha value is -3.16. The van der Waals surface area contributed by atoms with E-state index in [1.165, 1.54) is 18.3 Å². The van der Waals surface area contributed by atoms with E-state index >= 15 is 0 Å². The van der Waals surface area contributed by atoms with E-state index in [1.54, 1.807) is 0 Å². The van der Waals surface area contributed by atoms with Crippen LogP contribution in [-0.2, 0) is 4.79 Å². The van der Waals surface area contributed by atoms with Gasteiger partial charge in [0.15, 0.2) is 17.5 Å². The number of H-pyrrole nitrogens is 1.